The second-order valence-electron chi connectivity index (χ2n) is 8.64. The number of nitrogens with zero attached hydrogens (tertiary/aromatic N) is 2. The van der Waals surface area contributed by atoms with Crippen LogP contribution in [-0.4, -0.2) is 50.5 Å². The van der Waals surface area contributed by atoms with Crippen LogP contribution in [0.5, 0.6) is 5.06 Å². The van der Waals surface area contributed by atoms with Gasteiger partial charge in [-0.1, -0.05) is 41.7 Å². The zero-order valence-electron chi connectivity index (χ0n) is 18.4. The van der Waals surface area contributed by atoms with E-state index in [1.165, 1.54) is 9.60 Å². The van der Waals surface area contributed by atoms with Crippen molar-refractivity contribution in [3.63, 3.8) is 0 Å². The summed E-state index contributed by atoms with van der Waals surface area (Å²) in [7, 11) is -4.33. The highest BCUT2D eigenvalue weighted by atomic mass is 32.2. The average molecular weight is 506 g/mol. The molecule has 1 fully saturated rings. The fourth-order valence-corrected chi connectivity index (χ4v) is 7.62. The van der Waals surface area contributed by atoms with Gasteiger partial charge in [0.1, 0.15) is 6.73 Å². The molecule has 0 amide bonds. The van der Waals surface area contributed by atoms with Crippen molar-refractivity contribution in [2.45, 2.75) is 29.0 Å². The van der Waals surface area contributed by atoms with Gasteiger partial charge in [-0.2, -0.15) is 8.42 Å². The van der Waals surface area contributed by atoms with Crippen LogP contribution in [0, 0.1) is 0 Å². The fourth-order valence-electron chi connectivity index (χ4n) is 4.98. The Bertz CT molecular complexity index is 1280. The van der Waals surface area contributed by atoms with Crippen molar-refractivity contribution >= 4 is 49.9 Å². The van der Waals surface area contributed by atoms with Gasteiger partial charge in [-0.15, -0.1) is 11.8 Å². The Balaban J connectivity index is 1.32. The van der Waals surface area contributed by atoms with Crippen LogP contribution in [0.25, 0.3) is 10.8 Å². The van der Waals surface area contributed by atoms with Gasteiger partial charge in [0.05, 0.1) is 9.90 Å². The Morgan fingerprint density at radius 3 is 2.58 bits per heavy atom. The molecule has 3 heterocycles. The van der Waals surface area contributed by atoms with E-state index in [4.69, 9.17) is 10.5 Å². The van der Waals surface area contributed by atoms with E-state index in [1.54, 1.807) is 29.2 Å². The van der Waals surface area contributed by atoms with Crippen molar-refractivity contribution in [1.29, 1.82) is 0 Å². The van der Waals surface area contributed by atoms with Crippen LogP contribution in [0.15, 0.2) is 46.7 Å². The zero-order valence-corrected chi connectivity index (χ0v) is 20.8. The summed E-state index contributed by atoms with van der Waals surface area (Å²) in [5.74, 6) is 0. The number of rotatable bonds is 6. The molecule has 1 spiro atoms. The number of thioether (sulfide) groups is 1. The van der Waals surface area contributed by atoms with Gasteiger partial charge < -0.3 is 10.5 Å². The number of hydrogen-bond acceptors (Lipinski definition) is 7. The minimum atomic E-state index is -4.33. The lowest BCUT2D eigenvalue weighted by Crippen LogP contribution is -2.46. The molecule has 1 aromatic heterocycles. The molecule has 0 unspecified atom stereocenters. The van der Waals surface area contributed by atoms with E-state index in [0.29, 0.717) is 19.0 Å². The smallest absolute Gasteiger partial charge is 0.360 e. The maximum Gasteiger partial charge on any atom is 0.360 e. The molecule has 2 aliphatic rings. The van der Waals surface area contributed by atoms with E-state index in [0.717, 1.165) is 51.8 Å². The number of piperidine rings is 1. The Morgan fingerprint density at radius 2 is 1.91 bits per heavy atom. The number of nitrogens with two attached hydrogens (primary N) is 1. The van der Waals surface area contributed by atoms with Crippen molar-refractivity contribution in [2.75, 3.05) is 36.9 Å². The topological polar surface area (TPSA) is 96.1 Å². The first-order valence-corrected chi connectivity index (χ1v) is 14.3. The predicted octanol–water partition coefficient (Wildman–Crippen LogP) is 4.07. The Kier molecular flexibility index (Phi) is 6.09. The number of benzene rings is 2. The van der Waals surface area contributed by atoms with Gasteiger partial charge in [0, 0.05) is 42.4 Å². The normalized spacial score (nSPS) is 18.2. The molecule has 10 heteroatoms. The molecular weight excluding hydrogens is 478 g/mol. The zero-order chi connectivity index (χ0) is 23.2. The molecular formula is C23H27N3O4S3. The van der Waals surface area contributed by atoms with Gasteiger partial charge in [-0.3, -0.25) is 9.45 Å². The lowest BCUT2D eigenvalue weighted by molar-refractivity contribution is 0.0839. The van der Waals surface area contributed by atoms with E-state index in [9.17, 15) is 13.0 Å². The molecule has 2 aliphatic heterocycles. The summed E-state index contributed by atoms with van der Waals surface area (Å²) in [6.45, 7) is 2.71. The van der Waals surface area contributed by atoms with Crippen LogP contribution in [-0.2, 0) is 22.3 Å². The molecule has 0 atom stereocenters. The minimum absolute atomic E-state index is 0.260. The first-order valence-electron chi connectivity index (χ1n) is 10.8. The third kappa shape index (κ3) is 4.13. The summed E-state index contributed by atoms with van der Waals surface area (Å²) in [6, 6.07) is 13.9. The van der Waals surface area contributed by atoms with Gasteiger partial charge in [-0.25, -0.2) is 4.31 Å². The number of thiophene rings is 1. The molecule has 176 valence electrons. The van der Waals surface area contributed by atoms with E-state index in [-0.39, 0.29) is 12.0 Å². The highest BCUT2D eigenvalue weighted by Gasteiger charge is 2.47. The van der Waals surface area contributed by atoms with Gasteiger partial charge in [0.15, 0.2) is 5.06 Å². The summed E-state index contributed by atoms with van der Waals surface area (Å²) < 4.78 is 42.6. The first-order chi connectivity index (χ1) is 15.8. The summed E-state index contributed by atoms with van der Waals surface area (Å²) in [5, 5.41) is 3.31. The van der Waals surface area contributed by atoms with Crippen LogP contribution in [0.4, 0.5) is 5.69 Å². The van der Waals surface area contributed by atoms with Crippen molar-refractivity contribution < 1.29 is 17.7 Å². The second kappa shape index (κ2) is 8.75. The van der Waals surface area contributed by atoms with Crippen LogP contribution >= 0.6 is 23.1 Å². The monoisotopic (exact) mass is 505 g/mol. The van der Waals surface area contributed by atoms with E-state index in [1.807, 2.05) is 24.3 Å². The van der Waals surface area contributed by atoms with Gasteiger partial charge >= 0.3 is 10.3 Å². The third-order valence-electron chi connectivity index (χ3n) is 6.79. The quantitative estimate of drug-likeness (QED) is 0.385. The highest BCUT2D eigenvalue weighted by Crippen LogP contribution is 2.48. The van der Waals surface area contributed by atoms with E-state index in [2.05, 4.69) is 23.3 Å². The largest absolute Gasteiger partial charge is 0.468 e. The van der Waals surface area contributed by atoms with Crippen LogP contribution in [0.3, 0.4) is 0 Å². The number of hydrogen-bond donors (Lipinski definition) is 2. The molecule has 7 nitrogen and oxygen atoms in total. The molecule has 0 bridgehead atoms. The first kappa shape index (κ1) is 22.9. The van der Waals surface area contributed by atoms with Crippen molar-refractivity contribution in [3.05, 3.63) is 53.6 Å². The SMILES string of the molecule is CSc1sc(OCN2CCC3(CC2)CN(S(=O)(=O)O)c2ccc(CN)cc23)c2ccccc12. The fraction of sp³-hybridized carbons (Fsp3) is 0.391. The molecule has 33 heavy (non-hydrogen) atoms. The number of fused-ring (bicyclic) bond motifs is 3. The molecule has 5 rings (SSSR count). The molecule has 0 radical (unpaired) electrons. The highest BCUT2D eigenvalue weighted by molar-refractivity contribution is 8.00. The molecule has 3 aromatic rings. The van der Waals surface area contributed by atoms with Gasteiger partial charge in [0.2, 0.25) is 0 Å². The Labute approximate surface area is 202 Å². The van der Waals surface area contributed by atoms with E-state index < -0.39 is 10.3 Å². The van der Waals surface area contributed by atoms with Crippen LogP contribution < -0.4 is 14.8 Å². The van der Waals surface area contributed by atoms with Crippen LogP contribution in [0.2, 0.25) is 0 Å². The number of ether oxygens (including phenoxy) is 1. The Hall–Kier alpha value is -1.82. The Morgan fingerprint density at radius 1 is 1.18 bits per heavy atom. The lowest BCUT2D eigenvalue weighted by Gasteiger charge is -2.39. The standard InChI is InChI=1S/C23H27N3O4S3/c1-31-22-18-5-3-2-4-17(18)21(32-22)30-15-25-10-8-23(9-11-25)14-26(33(27,28)29)20-7-6-16(13-24)12-19(20)23/h2-7,12H,8-11,13-15,24H2,1H3,(H,27,28,29). The van der Waals surface area contributed by atoms with Crippen molar-refractivity contribution in [2.24, 2.45) is 5.73 Å². The average Bonchev–Trinajstić information content (AvgIpc) is 3.34. The summed E-state index contributed by atoms with van der Waals surface area (Å²) >= 11 is 3.41. The molecule has 1 saturated heterocycles. The van der Waals surface area contributed by atoms with Gasteiger partial charge in [-0.05, 0) is 42.4 Å². The molecule has 2 aromatic carbocycles. The second-order valence-corrected chi connectivity index (χ2v) is 12.0. The minimum Gasteiger partial charge on any atom is -0.468 e. The predicted molar refractivity (Wildman–Crippen MR) is 135 cm³/mol. The lowest BCUT2D eigenvalue weighted by atomic mass is 9.74. The van der Waals surface area contributed by atoms with Gasteiger partial charge in [0.25, 0.3) is 0 Å². The summed E-state index contributed by atoms with van der Waals surface area (Å²) in [5.41, 5.74) is 8.02. The maximum absolute atomic E-state index is 12.1. The maximum atomic E-state index is 12.1. The number of anilines is 1. The van der Waals surface area contributed by atoms with Crippen molar-refractivity contribution in [3.8, 4) is 5.06 Å². The summed E-state index contributed by atoms with van der Waals surface area (Å²) in [4.78, 5) is 2.26. The third-order valence-corrected chi connectivity index (χ3v) is 9.94. The number of likely N-dealkylation sites (tertiary alicyclic amines) is 1. The van der Waals surface area contributed by atoms with E-state index >= 15 is 0 Å². The molecule has 3 N–H and O–H groups in total. The summed E-state index contributed by atoms with van der Waals surface area (Å²) in [6.07, 6.45) is 3.65. The van der Waals surface area contributed by atoms with Crippen molar-refractivity contribution in [1.82, 2.24) is 4.90 Å². The molecule has 0 aliphatic carbocycles. The molecule has 0 saturated carbocycles. The van der Waals surface area contributed by atoms with Crippen LogP contribution in [0.1, 0.15) is 24.0 Å².